The molecular formula is C21H12F4N2O2S. The molecule has 1 unspecified atom stereocenters. The Morgan fingerprint density at radius 1 is 1.17 bits per heavy atom. The van der Waals surface area contributed by atoms with Gasteiger partial charge in [-0.25, -0.2) is 8.78 Å². The zero-order valence-corrected chi connectivity index (χ0v) is 15.9. The fourth-order valence-electron chi connectivity index (χ4n) is 2.93. The van der Waals surface area contributed by atoms with E-state index < -0.39 is 46.9 Å². The summed E-state index contributed by atoms with van der Waals surface area (Å²) in [6.45, 7) is -0.424. The molecule has 0 saturated carbocycles. The Bertz CT molecular complexity index is 1190. The average molecular weight is 432 g/mol. The molecule has 1 atom stereocenters. The molecule has 4 rings (SSSR count). The van der Waals surface area contributed by atoms with Crippen LogP contribution in [0.15, 0.2) is 48.7 Å². The molecule has 0 spiro atoms. The van der Waals surface area contributed by atoms with E-state index in [4.69, 9.17) is 10.5 Å². The lowest BCUT2D eigenvalue weighted by Gasteiger charge is -2.24. The number of amides is 1. The van der Waals surface area contributed by atoms with Crippen molar-refractivity contribution in [1.82, 2.24) is 4.98 Å². The van der Waals surface area contributed by atoms with E-state index in [2.05, 4.69) is 16.8 Å². The summed E-state index contributed by atoms with van der Waals surface area (Å²) in [7, 11) is 0. The third kappa shape index (κ3) is 3.44. The topological polar surface area (TPSA) is 68.5 Å². The summed E-state index contributed by atoms with van der Waals surface area (Å²) in [5, 5.41) is 0. The van der Waals surface area contributed by atoms with Gasteiger partial charge in [-0.2, -0.15) is 8.78 Å². The van der Waals surface area contributed by atoms with E-state index in [1.807, 2.05) is 0 Å². The van der Waals surface area contributed by atoms with Crippen LogP contribution in [0.1, 0.15) is 31.4 Å². The van der Waals surface area contributed by atoms with Crippen molar-refractivity contribution in [3.63, 3.8) is 0 Å². The van der Waals surface area contributed by atoms with Gasteiger partial charge in [0.1, 0.15) is 17.3 Å². The summed E-state index contributed by atoms with van der Waals surface area (Å²) in [6, 6.07) is 7.99. The van der Waals surface area contributed by atoms with E-state index in [9.17, 15) is 13.6 Å². The summed E-state index contributed by atoms with van der Waals surface area (Å²) in [5.74, 6) is -0.631. The number of hydrogen-bond donors (Lipinski definition) is 1. The second-order valence-electron chi connectivity index (χ2n) is 6.52. The number of benzene rings is 1. The molecule has 4 nitrogen and oxygen atoms in total. The second kappa shape index (κ2) is 7.23. The van der Waals surface area contributed by atoms with Crippen molar-refractivity contribution >= 4 is 17.2 Å². The van der Waals surface area contributed by atoms with Gasteiger partial charge in [-0.05, 0) is 36.4 Å². The van der Waals surface area contributed by atoms with Gasteiger partial charge in [0.2, 0.25) is 0 Å². The first-order chi connectivity index (χ1) is 14.2. The molecule has 9 heteroatoms. The summed E-state index contributed by atoms with van der Waals surface area (Å²) >= 11 is 1.11. The largest absolute Gasteiger partial charge is 0.365 e. The lowest BCUT2D eigenvalue weighted by molar-refractivity contribution is -0.0901. The standard InChI is InChI=1S/C21H12F4N2O2S/c22-13-3-6-15(16(23)9-13)20(11-29-20)21(24,25)18-8-2-12(10-27-18)1-4-14-5-7-17(30-14)19(26)28/h2-3,5-10H,11H2,(H2,26,28). The molecule has 1 aliphatic heterocycles. The van der Waals surface area contributed by atoms with Gasteiger partial charge in [0.05, 0.1) is 16.4 Å². The summed E-state index contributed by atoms with van der Waals surface area (Å²) in [6.07, 6.45) is 1.16. The third-order valence-corrected chi connectivity index (χ3v) is 5.59. The SMILES string of the molecule is NC(=O)c1ccc(C#Cc2ccc(C(F)(F)C3(c4ccc(F)cc4F)CO3)nc2)s1. The van der Waals surface area contributed by atoms with Crippen molar-refractivity contribution in [2.24, 2.45) is 5.73 Å². The lowest BCUT2D eigenvalue weighted by atomic mass is 9.90. The molecule has 1 fully saturated rings. The lowest BCUT2D eigenvalue weighted by Crippen LogP contribution is -2.34. The third-order valence-electron chi connectivity index (χ3n) is 4.57. The number of epoxide rings is 1. The minimum atomic E-state index is -3.65. The number of hydrogen-bond acceptors (Lipinski definition) is 4. The Kier molecular flexibility index (Phi) is 4.84. The average Bonchev–Trinajstić information content (AvgIpc) is 3.37. The molecule has 3 aromatic rings. The number of carbonyl (C=O) groups excluding carboxylic acids is 1. The molecule has 3 heterocycles. The zero-order valence-electron chi connectivity index (χ0n) is 15.1. The van der Waals surface area contributed by atoms with E-state index in [1.165, 1.54) is 6.07 Å². The van der Waals surface area contributed by atoms with Crippen LogP contribution in [0.25, 0.3) is 0 Å². The smallest absolute Gasteiger partial charge is 0.324 e. The molecule has 1 aromatic carbocycles. The Morgan fingerprint density at radius 3 is 2.50 bits per heavy atom. The first-order valence-electron chi connectivity index (χ1n) is 8.58. The fourth-order valence-corrected chi connectivity index (χ4v) is 3.64. The van der Waals surface area contributed by atoms with Crippen LogP contribution in [-0.2, 0) is 16.3 Å². The molecule has 2 aromatic heterocycles. The number of pyridine rings is 1. The minimum absolute atomic E-state index is 0.357. The zero-order chi connectivity index (χ0) is 21.5. The van der Waals surface area contributed by atoms with Crippen LogP contribution in [0.5, 0.6) is 0 Å². The Hall–Kier alpha value is -3.22. The number of nitrogens with two attached hydrogens (primary N) is 1. The predicted molar refractivity (Wildman–Crippen MR) is 101 cm³/mol. The molecule has 0 radical (unpaired) electrons. The van der Waals surface area contributed by atoms with Gasteiger partial charge in [0, 0.05) is 23.4 Å². The quantitative estimate of drug-likeness (QED) is 0.386. The van der Waals surface area contributed by atoms with Crippen molar-refractivity contribution in [2.75, 3.05) is 6.61 Å². The fraction of sp³-hybridized carbons (Fsp3) is 0.143. The van der Waals surface area contributed by atoms with Gasteiger partial charge in [0.25, 0.3) is 5.91 Å². The number of primary amides is 1. The van der Waals surface area contributed by atoms with Crippen LogP contribution in [0.4, 0.5) is 17.6 Å². The van der Waals surface area contributed by atoms with Crippen LogP contribution in [0, 0.1) is 23.5 Å². The maximum Gasteiger partial charge on any atom is 0.324 e. The number of aromatic nitrogens is 1. The van der Waals surface area contributed by atoms with Crippen molar-refractivity contribution in [2.45, 2.75) is 11.5 Å². The van der Waals surface area contributed by atoms with Crippen molar-refractivity contribution in [3.05, 3.63) is 86.9 Å². The van der Waals surface area contributed by atoms with Crippen molar-refractivity contribution < 1.29 is 27.1 Å². The molecule has 0 bridgehead atoms. The van der Waals surface area contributed by atoms with Gasteiger partial charge in [0.15, 0.2) is 5.60 Å². The van der Waals surface area contributed by atoms with E-state index in [0.29, 0.717) is 21.4 Å². The van der Waals surface area contributed by atoms with Crippen LogP contribution < -0.4 is 5.73 Å². The molecule has 2 N–H and O–H groups in total. The molecule has 30 heavy (non-hydrogen) atoms. The predicted octanol–water partition coefficient (Wildman–Crippen LogP) is 3.94. The van der Waals surface area contributed by atoms with Gasteiger partial charge in [-0.15, -0.1) is 11.3 Å². The number of nitrogens with zero attached hydrogens (tertiary/aromatic N) is 1. The van der Waals surface area contributed by atoms with Gasteiger partial charge >= 0.3 is 5.92 Å². The summed E-state index contributed by atoms with van der Waals surface area (Å²) < 4.78 is 62.4. The number of alkyl halides is 2. The van der Waals surface area contributed by atoms with Crippen LogP contribution >= 0.6 is 11.3 Å². The molecule has 1 saturated heterocycles. The molecule has 152 valence electrons. The number of carbonyl (C=O) groups is 1. The van der Waals surface area contributed by atoms with Crippen LogP contribution in [-0.4, -0.2) is 17.5 Å². The van der Waals surface area contributed by atoms with E-state index in [0.717, 1.165) is 35.7 Å². The van der Waals surface area contributed by atoms with Crippen LogP contribution in [0.2, 0.25) is 0 Å². The Balaban J connectivity index is 1.59. The van der Waals surface area contributed by atoms with Gasteiger partial charge in [-0.3, -0.25) is 9.78 Å². The summed E-state index contributed by atoms with van der Waals surface area (Å²) in [4.78, 5) is 15.8. The minimum Gasteiger partial charge on any atom is -0.365 e. The van der Waals surface area contributed by atoms with E-state index >= 15 is 8.78 Å². The normalized spacial score (nSPS) is 17.9. The maximum absolute atomic E-state index is 15.1. The molecular weight excluding hydrogens is 420 g/mol. The first kappa shape index (κ1) is 20.1. The monoisotopic (exact) mass is 432 g/mol. The van der Waals surface area contributed by atoms with E-state index in [1.54, 1.807) is 12.1 Å². The van der Waals surface area contributed by atoms with Gasteiger partial charge in [-0.1, -0.05) is 11.8 Å². The highest BCUT2D eigenvalue weighted by Crippen LogP contribution is 2.56. The molecule has 1 aliphatic rings. The molecule has 0 aliphatic carbocycles. The highest BCUT2D eigenvalue weighted by atomic mass is 32.1. The molecule has 1 amide bonds. The van der Waals surface area contributed by atoms with Crippen molar-refractivity contribution in [1.29, 1.82) is 0 Å². The highest BCUT2D eigenvalue weighted by Gasteiger charge is 2.68. The first-order valence-corrected chi connectivity index (χ1v) is 9.40. The van der Waals surface area contributed by atoms with Crippen molar-refractivity contribution in [3.8, 4) is 11.8 Å². The second-order valence-corrected chi connectivity index (χ2v) is 7.61. The van der Waals surface area contributed by atoms with E-state index in [-0.39, 0.29) is 0 Å². The highest BCUT2D eigenvalue weighted by molar-refractivity contribution is 7.14. The number of thiophene rings is 1. The Morgan fingerprint density at radius 2 is 1.93 bits per heavy atom. The maximum atomic E-state index is 15.1. The number of halogens is 4. The summed E-state index contributed by atoms with van der Waals surface area (Å²) in [5.41, 5.74) is 2.26. The van der Waals surface area contributed by atoms with Gasteiger partial charge < -0.3 is 10.5 Å². The Labute approximate surface area is 172 Å². The van der Waals surface area contributed by atoms with Crippen LogP contribution in [0.3, 0.4) is 0 Å². The number of rotatable bonds is 4. The number of ether oxygens (including phenoxy) is 1.